The highest BCUT2D eigenvalue weighted by molar-refractivity contribution is 7.80. The number of phenolic OH excluding ortho intramolecular Hbond substituents is 1. The van der Waals surface area contributed by atoms with E-state index in [0.717, 1.165) is 29.7 Å². The van der Waals surface area contributed by atoms with E-state index in [1.54, 1.807) is 19.2 Å². The first kappa shape index (κ1) is 15.2. The van der Waals surface area contributed by atoms with E-state index >= 15 is 0 Å². The summed E-state index contributed by atoms with van der Waals surface area (Å²) in [4.78, 5) is 0. The molecule has 0 heterocycles. The molecule has 0 saturated carbocycles. The summed E-state index contributed by atoms with van der Waals surface area (Å²) in [6.45, 7) is 4.02. The number of nitrogens with one attached hydrogen (secondary N) is 4. The molecular formula is C13H20N4OS. The summed E-state index contributed by atoms with van der Waals surface area (Å²) in [6.07, 6.45) is 1.54. The second-order valence-corrected chi connectivity index (χ2v) is 4.46. The minimum atomic E-state index is 0.106. The minimum Gasteiger partial charge on any atom is -0.508 e. The van der Waals surface area contributed by atoms with E-state index in [4.69, 9.17) is 17.6 Å². The quantitative estimate of drug-likeness (QED) is 0.253. The topological polar surface area (TPSA) is 80.2 Å². The van der Waals surface area contributed by atoms with Gasteiger partial charge in [-0.25, -0.2) is 0 Å². The summed E-state index contributed by atoms with van der Waals surface area (Å²) in [7, 11) is 1.69. The third-order valence-electron chi connectivity index (χ3n) is 2.76. The summed E-state index contributed by atoms with van der Waals surface area (Å²) < 4.78 is 0. The van der Waals surface area contributed by atoms with Crippen LogP contribution in [-0.2, 0) is 12.8 Å². The van der Waals surface area contributed by atoms with Gasteiger partial charge in [0, 0.05) is 12.7 Å². The van der Waals surface area contributed by atoms with Crippen molar-refractivity contribution in [3.05, 3.63) is 23.3 Å². The van der Waals surface area contributed by atoms with Crippen LogP contribution < -0.4 is 16.0 Å². The maximum absolute atomic E-state index is 9.67. The molecule has 5 N–H and O–H groups in total. The van der Waals surface area contributed by atoms with Crippen LogP contribution in [0.4, 0.5) is 5.69 Å². The molecule has 5 nitrogen and oxygen atoms in total. The van der Waals surface area contributed by atoms with Crippen molar-refractivity contribution in [2.75, 3.05) is 12.4 Å². The van der Waals surface area contributed by atoms with Gasteiger partial charge in [0.25, 0.3) is 0 Å². The lowest BCUT2D eigenvalue weighted by Gasteiger charge is -2.17. The molecule has 0 fully saturated rings. The first-order valence-electron chi connectivity index (χ1n) is 6.20. The van der Waals surface area contributed by atoms with E-state index in [1.807, 2.05) is 13.8 Å². The number of aryl methyl sites for hydroxylation is 2. The Kier molecular flexibility index (Phi) is 5.57. The van der Waals surface area contributed by atoms with Crippen LogP contribution in [0.25, 0.3) is 0 Å². The van der Waals surface area contributed by atoms with Crippen LogP contribution in [-0.4, -0.2) is 23.2 Å². The van der Waals surface area contributed by atoms with Gasteiger partial charge in [0.05, 0.1) is 0 Å². The Hall–Kier alpha value is -1.82. The maximum Gasteiger partial charge on any atom is 0.199 e. The number of thiocarbonyl (C=S) groups is 1. The average molecular weight is 280 g/mol. The number of hydrogen-bond donors (Lipinski definition) is 5. The van der Waals surface area contributed by atoms with Crippen molar-refractivity contribution in [2.24, 2.45) is 0 Å². The Balaban J connectivity index is 2.98. The van der Waals surface area contributed by atoms with E-state index in [1.165, 1.54) is 0 Å². The molecular weight excluding hydrogens is 260 g/mol. The fourth-order valence-corrected chi connectivity index (χ4v) is 1.90. The lowest BCUT2D eigenvalue weighted by atomic mass is 10.0. The van der Waals surface area contributed by atoms with Gasteiger partial charge in [0.15, 0.2) is 11.1 Å². The Morgan fingerprint density at radius 2 is 1.79 bits per heavy atom. The Bertz CT molecular complexity index is 463. The average Bonchev–Trinajstić information content (AvgIpc) is 2.39. The highest BCUT2D eigenvalue weighted by atomic mass is 32.1. The van der Waals surface area contributed by atoms with E-state index < -0.39 is 0 Å². The number of benzene rings is 1. The summed E-state index contributed by atoms with van der Waals surface area (Å²) in [5.74, 6) is 0.360. The maximum atomic E-state index is 9.67. The van der Waals surface area contributed by atoms with Crippen molar-refractivity contribution >= 4 is 29.0 Å². The Labute approximate surface area is 118 Å². The second kappa shape index (κ2) is 6.94. The molecule has 0 unspecified atom stereocenters. The van der Waals surface area contributed by atoms with Gasteiger partial charge in [0.1, 0.15) is 5.75 Å². The summed E-state index contributed by atoms with van der Waals surface area (Å²) in [5.41, 5.74) is 2.80. The van der Waals surface area contributed by atoms with Gasteiger partial charge in [-0.05, 0) is 48.3 Å². The van der Waals surface area contributed by atoms with E-state index in [-0.39, 0.29) is 11.7 Å². The van der Waals surface area contributed by atoms with Crippen molar-refractivity contribution in [1.82, 2.24) is 10.6 Å². The normalized spacial score (nSPS) is 9.84. The highest BCUT2D eigenvalue weighted by Gasteiger charge is 2.10. The fourth-order valence-electron chi connectivity index (χ4n) is 1.80. The third kappa shape index (κ3) is 4.10. The summed E-state index contributed by atoms with van der Waals surface area (Å²) in [6, 6.07) is 3.43. The number of rotatable bonds is 3. The van der Waals surface area contributed by atoms with Crippen molar-refractivity contribution in [3.8, 4) is 5.75 Å². The molecule has 19 heavy (non-hydrogen) atoms. The smallest absolute Gasteiger partial charge is 0.199 e. The van der Waals surface area contributed by atoms with Crippen molar-refractivity contribution < 1.29 is 5.11 Å². The fraction of sp³-hybridized carbons (Fsp3) is 0.385. The Morgan fingerprint density at radius 1 is 1.26 bits per heavy atom. The van der Waals surface area contributed by atoms with Gasteiger partial charge >= 0.3 is 0 Å². The zero-order chi connectivity index (χ0) is 14.4. The molecule has 1 aromatic rings. The molecule has 0 aliphatic heterocycles. The van der Waals surface area contributed by atoms with Crippen molar-refractivity contribution in [1.29, 1.82) is 5.41 Å². The van der Waals surface area contributed by atoms with E-state index in [9.17, 15) is 5.11 Å². The predicted molar refractivity (Wildman–Crippen MR) is 83.0 cm³/mol. The molecule has 0 spiro atoms. The lowest BCUT2D eigenvalue weighted by molar-refractivity contribution is 0.474. The zero-order valence-corrected chi connectivity index (χ0v) is 12.2. The summed E-state index contributed by atoms with van der Waals surface area (Å²) in [5, 5.41) is 26.4. The monoisotopic (exact) mass is 280 g/mol. The van der Waals surface area contributed by atoms with Crippen LogP contribution in [0, 0.1) is 5.41 Å². The van der Waals surface area contributed by atoms with Crippen LogP contribution in [0.3, 0.4) is 0 Å². The molecule has 1 aromatic carbocycles. The van der Waals surface area contributed by atoms with Crippen LogP contribution in [0.5, 0.6) is 5.75 Å². The van der Waals surface area contributed by atoms with Gasteiger partial charge in [-0.15, -0.1) is 0 Å². The molecule has 0 aromatic heterocycles. The molecule has 0 bridgehead atoms. The van der Waals surface area contributed by atoms with Crippen molar-refractivity contribution in [3.63, 3.8) is 0 Å². The number of aromatic hydroxyl groups is 1. The number of guanidine groups is 1. The van der Waals surface area contributed by atoms with Gasteiger partial charge in [-0.1, -0.05) is 13.8 Å². The van der Waals surface area contributed by atoms with E-state index in [2.05, 4.69) is 16.0 Å². The molecule has 0 radical (unpaired) electrons. The minimum absolute atomic E-state index is 0.106. The first-order valence-corrected chi connectivity index (χ1v) is 6.61. The number of hydrogen-bond acceptors (Lipinski definition) is 3. The zero-order valence-electron chi connectivity index (χ0n) is 11.4. The van der Waals surface area contributed by atoms with Crippen LogP contribution in [0.1, 0.15) is 25.0 Å². The van der Waals surface area contributed by atoms with Gasteiger partial charge in [-0.2, -0.15) is 0 Å². The number of phenols is 1. The number of anilines is 1. The van der Waals surface area contributed by atoms with E-state index in [0.29, 0.717) is 5.11 Å². The third-order valence-corrected chi connectivity index (χ3v) is 3.07. The SMILES string of the molecule is CCc1cc(O)cc(CC)c1NC(=N)NC(=S)NC. The molecule has 0 atom stereocenters. The first-order chi connectivity index (χ1) is 9.01. The molecule has 104 valence electrons. The molecule has 0 amide bonds. The summed E-state index contributed by atoms with van der Waals surface area (Å²) >= 11 is 4.95. The molecule has 0 saturated heterocycles. The highest BCUT2D eigenvalue weighted by Crippen LogP contribution is 2.27. The van der Waals surface area contributed by atoms with Gasteiger partial charge < -0.3 is 21.1 Å². The lowest BCUT2D eigenvalue weighted by Crippen LogP contribution is -2.40. The predicted octanol–water partition coefficient (Wildman–Crippen LogP) is 1.96. The molecule has 0 aliphatic carbocycles. The molecule has 1 rings (SSSR count). The molecule has 0 aliphatic rings. The Morgan fingerprint density at radius 3 is 2.21 bits per heavy atom. The van der Waals surface area contributed by atoms with Crippen LogP contribution in [0.2, 0.25) is 0 Å². The largest absolute Gasteiger partial charge is 0.508 e. The standard InChI is InChI=1S/C13H20N4OS/c1-4-8-6-10(18)7-9(5-2)11(8)16-12(14)17-13(19)15-3/h6-7,18H,4-5H2,1-3H3,(H4,14,15,16,17,19). The van der Waals surface area contributed by atoms with Gasteiger partial charge in [-0.3, -0.25) is 5.41 Å². The van der Waals surface area contributed by atoms with Gasteiger partial charge in [0.2, 0.25) is 0 Å². The van der Waals surface area contributed by atoms with Crippen molar-refractivity contribution in [2.45, 2.75) is 26.7 Å². The van der Waals surface area contributed by atoms with Crippen LogP contribution >= 0.6 is 12.2 Å². The molecule has 6 heteroatoms. The second-order valence-electron chi connectivity index (χ2n) is 4.05. The van der Waals surface area contributed by atoms with Crippen LogP contribution in [0.15, 0.2) is 12.1 Å².